The number of nitrogens with zero attached hydrogens (tertiary/aromatic N) is 5. The van der Waals surface area contributed by atoms with Gasteiger partial charge >= 0.3 is 0 Å². The van der Waals surface area contributed by atoms with Crippen LogP contribution in [-0.2, 0) is 23.4 Å². The van der Waals surface area contributed by atoms with Crippen molar-refractivity contribution in [3.63, 3.8) is 0 Å². The predicted octanol–water partition coefficient (Wildman–Crippen LogP) is 2.33. The number of aryl methyl sites for hydroxylation is 2. The van der Waals surface area contributed by atoms with Gasteiger partial charge < -0.3 is 4.90 Å². The van der Waals surface area contributed by atoms with Gasteiger partial charge in [0, 0.05) is 51.0 Å². The Morgan fingerprint density at radius 3 is 2.18 bits per heavy atom. The molecule has 2 aromatic heterocycles. The van der Waals surface area contributed by atoms with Crippen LogP contribution < -0.4 is 4.90 Å². The molecule has 3 rings (SSSR count). The maximum atomic E-state index is 12.5. The molecule has 28 heavy (non-hydrogen) atoms. The van der Waals surface area contributed by atoms with Crippen molar-refractivity contribution in [2.45, 2.75) is 50.9 Å². The molecule has 0 saturated carbocycles. The molecule has 154 valence electrons. The van der Waals surface area contributed by atoms with Crippen LogP contribution in [0.3, 0.4) is 0 Å². The van der Waals surface area contributed by atoms with Gasteiger partial charge in [0.2, 0.25) is 0 Å². The monoisotopic (exact) mass is 405 g/mol. The topological polar surface area (TPSA) is 71.3 Å². The minimum absolute atomic E-state index is 0.143. The highest BCUT2D eigenvalue weighted by atomic mass is 32.2. The van der Waals surface area contributed by atoms with Crippen molar-refractivity contribution < 1.29 is 8.42 Å². The van der Waals surface area contributed by atoms with Crippen LogP contribution >= 0.6 is 0 Å². The van der Waals surface area contributed by atoms with E-state index in [1.165, 1.54) is 11.3 Å². The lowest BCUT2D eigenvalue weighted by molar-refractivity contribution is 0.249. The van der Waals surface area contributed by atoms with E-state index < -0.39 is 14.6 Å². The summed E-state index contributed by atoms with van der Waals surface area (Å²) >= 11 is 0. The van der Waals surface area contributed by atoms with E-state index in [1.54, 1.807) is 33.0 Å². The maximum absolute atomic E-state index is 12.5. The molecule has 0 bridgehead atoms. The summed E-state index contributed by atoms with van der Waals surface area (Å²) in [5.74, 6) is 0. The predicted molar refractivity (Wildman–Crippen MR) is 111 cm³/mol. The second kappa shape index (κ2) is 7.48. The van der Waals surface area contributed by atoms with Gasteiger partial charge in [-0.25, -0.2) is 13.4 Å². The first kappa shape index (κ1) is 20.8. The van der Waals surface area contributed by atoms with E-state index in [4.69, 9.17) is 0 Å². The first-order chi connectivity index (χ1) is 13.0. The van der Waals surface area contributed by atoms with Crippen LogP contribution in [-0.4, -0.2) is 59.0 Å². The van der Waals surface area contributed by atoms with Gasteiger partial charge in [-0.2, -0.15) is 5.10 Å². The zero-order chi connectivity index (χ0) is 20.7. The number of pyridine rings is 1. The van der Waals surface area contributed by atoms with E-state index in [2.05, 4.69) is 33.7 Å². The number of hydrogen-bond acceptors (Lipinski definition) is 6. The highest BCUT2D eigenvalue weighted by molar-refractivity contribution is 7.92. The summed E-state index contributed by atoms with van der Waals surface area (Å²) in [7, 11) is -1.43. The molecule has 2 aromatic rings. The van der Waals surface area contributed by atoms with E-state index >= 15 is 0 Å². The fraction of sp³-hybridized carbons (Fsp3) is 0.600. The van der Waals surface area contributed by atoms with Crippen LogP contribution in [0.5, 0.6) is 0 Å². The van der Waals surface area contributed by atoms with Crippen LogP contribution in [0, 0.1) is 13.8 Å². The third-order valence-corrected chi connectivity index (χ3v) is 7.98. The van der Waals surface area contributed by atoms with E-state index in [-0.39, 0.29) is 5.03 Å². The van der Waals surface area contributed by atoms with Crippen molar-refractivity contribution in [1.82, 2.24) is 19.7 Å². The molecule has 1 fully saturated rings. The summed E-state index contributed by atoms with van der Waals surface area (Å²) in [6.07, 6.45) is 1.68. The lowest BCUT2D eigenvalue weighted by Gasteiger charge is -2.36. The van der Waals surface area contributed by atoms with Crippen LogP contribution in [0.2, 0.25) is 0 Å². The second-order valence-electron chi connectivity index (χ2n) is 8.51. The minimum Gasteiger partial charge on any atom is -0.368 e. The van der Waals surface area contributed by atoms with E-state index in [1.807, 2.05) is 17.8 Å². The van der Waals surface area contributed by atoms with Gasteiger partial charge in [0.05, 0.1) is 22.3 Å². The Hall–Kier alpha value is -1.93. The van der Waals surface area contributed by atoms with Gasteiger partial charge in [0.1, 0.15) is 0 Å². The number of rotatable bonds is 4. The van der Waals surface area contributed by atoms with Gasteiger partial charge in [0.15, 0.2) is 14.9 Å². The molecule has 8 heteroatoms. The molecular formula is C20H31N5O2S. The zero-order valence-corrected chi connectivity index (χ0v) is 18.5. The van der Waals surface area contributed by atoms with Crippen molar-refractivity contribution in [3.05, 3.63) is 35.3 Å². The Kier molecular flexibility index (Phi) is 5.55. The molecule has 7 nitrogen and oxygen atoms in total. The molecule has 1 saturated heterocycles. The number of hydrogen-bond donors (Lipinski definition) is 0. The Morgan fingerprint density at radius 2 is 1.71 bits per heavy atom. The largest absolute Gasteiger partial charge is 0.368 e. The summed E-state index contributed by atoms with van der Waals surface area (Å²) < 4.78 is 26.1. The van der Waals surface area contributed by atoms with Gasteiger partial charge in [-0.3, -0.25) is 9.58 Å². The lowest BCUT2D eigenvalue weighted by Crippen LogP contribution is -2.46. The van der Waals surface area contributed by atoms with Gasteiger partial charge in [-0.05, 0) is 46.8 Å². The second-order valence-corrected chi connectivity index (χ2v) is 11.2. The van der Waals surface area contributed by atoms with Gasteiger partial charge in [-0.15, -0.1) is 0 Å². The number of anilines is 1. The SMILES string of the molecule is Cc1nn(C)c(C)c1CN1CCN(c2ccc(S(=O)(=O)C(C)(C)C)nc2)CC1. The molecule has 0 unspecified atom stereocenters. The van der Waals surface area contributed by atoms with Gasteiger partial charge in [-0.1, -0.05) is 0 Å². The average molecular weight is 406 g/mol. The van der Waals surface area contributed by atoms with Crippen molar-refractivity contribution in [2.24, 2.45) is 7.05 Å². The molecule has 3 heterocycles. The van der Waals surface area contributed by atoms with Crippen molar-refractivity contribution in [1.29, 1.82) is 0 Å². The Bertz CT molecular complexity index is 934. The van der Waals surface area contributed by atoms with Gasteiger partial charge in [0.25, 0.3) is 0 Å². The fourth-order valence-corrected chi connectivity index (χ4v) is 4.53. The summed E-state index contributed by atoms with van der Waals surface area (Å²) in [6, 6.07) is 3.50. The van der Waals surface area contributed by atoms with E-state index in [0.29, 0.717) is 0 Å². The third kappa shape index (κ3) is 3.93. The highest BCUT2D eigenvalue weighted by Crippen LogP contribution is 2.25. The highest BCUT2D eigenvalue weighted by Gasteiger charge is 2.32. The standard InChI is InChI=1S/C20H31N5O2S/c1-15-18(16(2)23(6)22-15)14-24-9-11-25(12-10-24)17-7-8-19(21-13-17)28(26,27)20(3,4)5/h7-8,13H,9-12,14H2,1-6H3. The molecule has 1 aliphatic rings. The fourth-order valence-electron chi connectivity index (χ4n) is 3.47. The van der Waals surface area contributed by atoms with Crippen LogP contribution in [0.15, 0.2) is 23.4 Å². The summed E-state index contributed by atoms with van der Waals surface area (Å²) in [5, 5.41) is 4.65. The first-order valence-electron chi connectivity index (χ1n) is 9.68. The Balaban J connectivity index is 1.64. The Morgan fingerprint density at radius 1 is 1.07 bits per heavy atom. The quantitative estimate of drug-likeness (QED) is 0.777. The number of sulfone groups is 1. The normalized spacial score (nSPS) is 16.6. The lowest BCUT2D eigenvalue weighted by atomic mass is 10.1. The summed E-state index contributed by atoms with van der Waals surface area (Å²) in [4.78, 5) is 8.96. The minimum atomic E-state index is -3.42. The van der Waals surface area contributed by atoms with Crippen molar-refractivity contribution in [3.8, 4) is 0 Å². The molecule has 0 radical (unpaired) electrons. The van der Waals surface area contributed by atoms with Crippen LogP contribution in [0.25, 0.3) is 0 Å². The summed E-state index contributed by atoms with van der Waals surface area (Å²) in [5.41, 5.74) is 4.61. The van der Waals surface area contributed by atoms with Crippen LogP contribution in [0.1, 0.15) is 37.7 Å². The molecule has 1 aliphatic heterocycles. The Labute approximate surface area is 168 Å². The molecule has 0 aliphatic carbocycles. The van der Waals surface area contributed by atoms with Crippen molar-refractivity contribution in [2.75, 3.05) is 31.1 Å². The molecule has 0 aromatic carbocycles. The molecule has 0 N–H and O–H groups in total. The third-order valence-electron chi connectivity index (χ3n) is 5.58. The summed E-state index contributed by atoms with van der Waals surface area (Å²) in [6.45, 7) is 13.9. The molecule has 0 amide bonds. The number of piperazine rings is 1. The zero-order valence-electron chi connectivity index (χ0n) is 17.7. The molecular weight excluding hydrogens is 374 g/mol. The van der Waals surface area contributed by atoms with E-state index in [0.717, 1.165) is 44.1 Å². The maximum Gasteiger partial charge on any atom is 0.200 e. The van der Waals surface area contributed by atoms with Crippen molar-refractivity contribution >= 4 is 15.5 Å². The van der Waals surface area contributed by atoms with Crippen LogP contribution in [0.4, 0.5) is 5.69 Å². The number of aromatic nitrogens is 3. The first-order valence-corrected chi connectivity index (χ1v) is 11.2. The smallest absolute Gasteiger partial charge is 0.200 e. The molecule has 0 spiro atoms. The van der Waals surface area contributed by atoms with E-state index in [9.17, 15) is 8.42 Å². The molecule has 0 atom stereocenters. The average Bonchev–Trinajstić information content (AvgIpc) is 2.88.